The van der Waals surface area contributed by atoms with Gasteiger partial charge in [0.15, 0.2) is 0 Å². The second kappa shape index (κ2) is 7.87. The standard InChI is InChI=1S/C18H17Cl2N3O2/c1-23(10-12-6-7-15(19)16(20)8-12)11-17-21-18(22-25-17)13-4-3-5-14(9-13)24-2/h3-9H,10-11H2,1-2H3. The lowest BCUT2D eigenvalue weighted by atomic mass is 10.2. The Labute approximate surface area is 156 Å². The Bertz CT molecular complexity index is 867. The Morgan fingerprint density at radius 2 is 1.92 bits per heavy atom. The molecule has 3 rings (SSSR count). The van der Waals surface area contributed by atoms with E-state index in [1.807, 2.05) is 43.4 Å². The maximum atomic E-state index is 6.05. The highest BCUT2D eigenvalue weighted by molar-refractivity contribution is 6.42. The normalized spacial score (nSPS) is 11.1. The van der Waals surface area contributed by atoms with Crippen molar-refractivity contribution in [3.05, 3.63) is 64.0 Å². The van der Waals surface area contributed by atoms with Crippen molar-refractivity contribution < 1.29 is 9.26 Å². The summed E-state index contributed by atoms with van der Waals surface area (Å²) >= 11 is 12.0. The summed E-state index contributed by atoms with van der Waals surface area (Å²) in [5, 5.41) is 5.14. The molecule has 0 atom stereocenters. The smallest absolute Gasteiger partial charge is 0.241 e. The fraction of sp³-hybridized carbons (Fsp3) is 0.222. The van der Waals surface area contributed by atoms with Crippen molar-refractivity contribution in [3.63, 3.8) is 0 Å². The second-order valence-corrected chi connectivity index (χ2v) is 6.48. The molecule has 0 bridgehead atoms. The van der Waals surface area contributed by atoms with Crippen LogP contribution in [-0.4, -0.2) is 29.2 Å². The van der Waals surface area contributed by atoms with Gasteiger partial charge < -0.3 is 9.26 Å². The van der Waals surface area contributed by atoms with Crippen LogP contribution in [-0.2, 0) is 13.1 Å². The monoisotopic (exact) mass is 377 g/mol. The van der Waals surface area contributed by atoms with Crippen LogP contribution in [0.4, 0.5) is 0 Å². The fourth-order valence-electron chi connectivity index (χ4n) is 2.43. The van der Waals surface area contributed by atoms with E-state index in [4.69, 9.17) is 32.5 Å². The van der Waals surface area contributed by atoms with E-state index in [1.165, 1.54) is 0 Å². The van der Waals surface area contributed by atoms with Crippen LogP contribution in [0.2, 0.25) is 10.0 Å². The van der Waals surface area contributed by atoms with Crippen molar-refractivity contribution in [2.75, 3.05) is 14.2 Å². The minimum Gasteiger partial charge on any atom is -0.497 e. The van der Waals surface area contributed by atoms with Crippen LogP contribution in [0.25, 0.3) is 11.4 Å². The number of rotatable bonds is 6. The molecule has 0 saturated heterocycles. The summed E-state index contributed by atoms with van der Waals surface area (Å²) in [4.78, 5) is 6.50. The zero-order chi connectivity index (χ0) is 17.8. The van der Waals surface area contributed by atoms with Gasteiger partial charge >= 0.3 is 0 Å². The van der Waals surface area contributed by atoms with Crippen LogP contribution < -0.4 is 4.74 Å². The number of hydrogen-bond donors (Lipinski definition) is 0. The second-order valence-electron chi connectivity index (χ2n) is 5.66. The van der Waals surface area contributed by atoms with Crippen molar-refractivity contribution in [2.24, 2.45) is 0 Å². The summed E-state index contributed by atoms with van der Waals surface area (Å²) in [6.45, 7) is 1.21. The van der Waals surface area contributed by atoms with E-state index in [0.29, 0.717) is 34.8 Å². The highest BCUT2D eigenvalue weighted by Crippen LogP contribution is 2.24. The largest absolute Gasteiger partial charge is 0.497 e. The molecule has 3 aromatic rings. The van der Waals surface area contributed by atoms with Crippen molar-refractivity contribution in [1.82, 2.24) is 15.0 Å². The predicted octanol–water partition coefficient (Wildman–Crippen LogP) is 4.68. The van der Waals surface area contributed by atoms with Gasteiger partial charge in [0.25, 0.3) is 0 Å². The van der Waals surface area contributed by atoms with Gasteiger partial charge in [-0.2, -0.15) is 4.98 Å². The number of nitrogens with zero attached hydrogens (tertiary/aromatic N) is 3. The third kappa shape index (κ3) is 4.51. The molecule has 0 saturated carbocycles. The molecular formula is C18H17Cl2N3O2. The molecule has 0 aliphatic rings. The molecule has 0 aliphatic carbocycles. The van der Waals surface area contributed by atoms with E-state index in [9.17, 15) is 0 Å². The molecule has 2 aromatic carbocycles. The Kier molecular flexibility index (Phi) is 5.58. The lowest BCUT2D eigenvalue weighted by Gasteiger charge is -2.14. The van der Waals surface area contributed by atoms with E-state index in [2.05, 4.69) is 15.0 Å². The lowest BCUT2D eigenvalue weighted by molar-refractivity contribution is 0.261. The molecule has 5 nitrogen and oxygen atoms in total. The summed E-state index contributed by atoms with van der Waals surface area (Å²) in [6.07, 6.45) is 0. The summed E-state index contributed by atoms with van der Waals surface area (Å²) in [6, 6.07) is 13.1. The summed E-state index contributed by atoms with van der Waals surface area (Å²) in [7, 11) is 3.59. The van der Waals surface area contributed by atoms with Crippen molar-refractivity contribution in [1.29, 1.82) is 0 Å². The average molecular weight is 378 g/mol. The van der Waals surface area contributed by atoms with E-state index >= 15 is 0 Å². The number of ether oxygens (including phenoxy) is 1. The van der Waals surface area contributed by atoms with Crippen molar-refractivity contribution >= 4 is 23.2 Å². The van der Waals surface area contributed by atoms with E-state index < -0.39 is 0 Å². The third-order valence-corrected chi connectivity index (χ3v) is 4.38. The SMILES string of the molecule is COc1cccc(-c2noc(CN(C)Cc3ccc(Cl)c(Cl)c3)n2)c1. The van der Waals surface area contributed by atoms with Crippen LogP contribution in [0, 0.1) is 0 Å². The van der Waals surface area contributed by atoms with Gasteiger partial charge in [-0.05, 0) is 36.9 Å². The highest BCUT2D eigenvalue weighted by atomic mass is 35.5. The molecule has 1 heterocycles. The Morgan fingerprint density at radius 1 is 1.08 bits per heavy atom. The molecule has 0 unspecified atom stereocenters. The molecule has 0 radical (unpaired) electrons. The first-order valence-electron chi connectivity index (χ1n) is 7.64. The van der Waals surface area contributed by atoms with E-state index in [0.717, 1.165) is 16.9 Å². The Morgan fingerprint density at radius 3 is 2.68 bits per heavy atom. The summed E-state index contributed by atoms with van der Waals surface area (Å²) in [5.74, 6) is 1.83. The van der Waals surface area contributed by atoms with Gasteiger partial charge in [-0.1, -0.05) is 46.6 Å². The first-order valence-corrected chi connectivity index (χ1v) is 8.40. The van der Waals surface area contributed by atoms with Crippen LogP contribution in [0.15, 0.2) is 47.0 Å². The average Bonchev–Trinajstić information content (AvgIpc) is 3.06. The molecule has 25 heavy (non-hydrogen) atoms. The van der Waals surface area contributed by atoms with Crippen LogP contribution >= 0.6 is 23.2 Å². The van der Waals surface area contributed by atoms with Gasteiger partial charge in [-0.3, -0.25) is 4.90 Å². The van der Waals surface area contributed by atoms with Crippen molar-refractivity contribution in [3.8, 4) is 17.1 Å². The van der Waals surface area contributed by atoms with Crippen LogP contribution in [0.1, 0.15) is 11.5 Å². The number of halogens is 2. The number of aromatic nitrogens is 2. The van der Waals surface area contributed by atoms with Gasteiger partial charge in [0.05, 0.1) is 23.7 Å². The first kappa shape index (κ1) is 17.7. The quantitative estimate of drug-likeness (QED) is 0.623. The van der Waals surface area contributed by atoms with Gasteiger partial charge in [-0.15, -0.1) is 0 Å². The Hall–Kier alpha value is -2.08. The number of hydrogen-bond acceptors (Lipinski definition) is 5. The van der Waals surface area contributed by atoms with Gasteiger partial charge in [0, 0.05) is 12.1 Å². The maximum Gasteiger partial charge on any atom is 0.241 e. The van der Waals surface area contributed by atoms with Crippen LogP contribution in [0.5, 0.6) is 5.75 Å². The molecule has 0 N–H and O–H groups in total. The third-order valence-electron chi connectivity index (χ3n) is 3.64. The minimum atomic E-state index is 0.525. The van der Waals surface area contributed by atoms with Gasteiger partial charge in [0.1, 0.15) is 5.75 Å². The van der Waals surface area contributed by atoms with Crippen molar-refractivity contribution in [2.45, 2.75) is 13.1 Å². The highest BCUT2D eigenvalue weighted by Gasteiger charge is 2.12. The van der Waals surface area contributed by atoms with Gasteiger partial charge in [0.2, 0.25) is 11.7 Å². The molecule has 0 spiro atoms. The molecule has 0 aliphatic heterocycles. The zero-order valence-corrected chi connectivity index (χ0v) is 15.4. The zero-order valence-electron chi connectivity index (χ0n) is 13.9. The maximum absolute atomic E-state index is 6.05. The fourth-order valence-corrected chi connectivity index (χ4v) is 2.76. The summed E-state index contributed by atoms with van der Waals surface area (Å²) in [5.41, 5.74) is 1.91. The summed E-state index contributed by atoms with van der Waals surface area (Å²) < 4.78 is 10.6. The van der Waals surface area contributed by atoms with E-state index in [1.54, 1.807) is 13.2 Å². The van der Waals surface area contributed by atoms with E-state index in [-0.39, 0.29) is 0 Å². The number of methoxy groups -OCH3 is 1. The Balaban J connectivity index is 1.67. The topological polar surface area (TPSA) is 51.4 Å². The molecule has 1 aromatic heterocycles. The minimum absolute atomic E-state index is 0.525. The molecule has 130 valence electrons. The van der Waals surface area contributed by atoms with Gasteiger partial charge in [-0.25, -0.2) is 0 Å². The number of benzene rings is 2. The lowest BCUT2D eigenvalue weighted by Crippen LogP contribution is -2.17. The molecular weight excluding hydrogens is 361 g/mol. The molecule has 0 fully saturated rings. The van der Waals surface area contributed by atoms with Crippen LogP contribution in [0.3, 0.4) is 0 Å². The first-order chi connectivity index (χ1) is 12.0. The molecule has 7 heteroatoms. The molecule has 0 amide bonds. The predicted molar refractivity (Wildman–Crippen MR) is 97.9 cm³/mol.